The first-order chi connectivity index (χ1) is 11.0. The van der Waals surface area contributed by atoms with Gasteiger partial charge in [-0.2, -0.15) is 0 Å². The average Bonchev–Trinajstić information content (AvgIpc) is 2.55. The Kier molecular flexibility index (Phi) is 11.4. The van der Waals surface area contributed by atoms with Crippen LogP contribution in [0.15, 0.2) is 24.3 Å². The number of ether oxygens (including phenoxy) is 1. The topological polar surface area (TPSA) is 66.8 Å². The molecule has 0 radical (unpaired) electrons. The van der Waals surface area contributed by atoms with Gasteiger partial charge in [-0.3, -0.25) is 4.79 Å². The molecule has 130 valence electrons. The summed E-state index contributed by atoms with van der Waals surface area (Å²) in [6, 6.07) is 7.52. The van der Waals surface area contributed by atoms with Gasteiger partial charge in [-0.15, -0.1) is 0 Å². The number of benzene rings is 1. The predicted octanol–water partition coefficient (Wildman–Crippen LogP) is 3.83. The van der Waals surface area contributed by atoms with Crippen LogP contribution >= 0.6 is 0 Å². The van der Waals surface area contributed by atoms with Crippen LogP contribution in [0.3, 0.4) is 0 Å². The van der Waals surface area contributed by atoms with E-state index in [0.29, 0.717) is 18.1 Å². The summed E-state index contributed by atoms with van der Waals surface area (Å²) >= 11 is 0. The molecule has 0 saturated carbocycles. The lowest BCUT2D eigenvalue weighted by molar-refractivity contribution is -0.122. The molecule has 1 rings (SSSR count). The lowest BCUT2D eigenvalue weighted by Crippen LogP contribution is -2.14. The largest absolute Gasteiger partial charge is 0.483 e. The van der Waals surface area contributed by atoms with Gasteiger partial charge in [0.2, 0.25) is 0 Å². The van der Waals surface area contributed by atoms with Crippen molar-refractivity contribution in [1.82, 2.24) is 0 Å². The average molecular weight is 323 g/mol. The Labute approximate surface area is 139 Å². The van der Waals surface area contributed by atoms with Gasteiger partial charge in [0.05, 0.1) is 12.2 Å². The number of carbonyl (C=O) groups excluding carboxylic acids is 1. The van der Waals surface area contributed by atoms with E-state index in [1.54, 1.807) is 0 Å². The molecule has 0 spiro atoms. The standard InChI is InChI=1S/C17H27NO2.CH2O2/c1-5-7-8-14(6-2)13-20-17(19)15-9-11-16(12-10-15)18(3)4;2-1-3/h9-12,14H,5-8,13H2,1-4H3;1H,(H,2,3). The highest BCUT2D eigenvalue weighted by Crippen LogP contribution is 2.16. The number of nitrogens with zero attached hydrogens (tertiary/aromatic N) is 1. The van der Waals surface area contributed by atoms with Gasteiger partial charge in [-0.25, -0.2) is 4.79 Å². The SMILES string of the molecule is CCCCC(CC)COC(=O)c1ccc(N(C)C)cc1.O=CO. The fraction of sp³-hybridized carbons (Fsp3) is 0.556. The van der Waals surface area contributed by atoms with E-state index in [0.717, 1.165) is 18.5 Å². The molecule has 0 aliphatic carbocycles. The molecule has 1 aromatic rings. The number of hydrogen-bond acceptors (Lipinski definition) is 4. The molecule has 1 atom stereocenters. The van der Waals surface area contributed by atoms with Crippen molar-refractivity contribution >= 4 is 18.1 Å². The molecule has 0 saturated heterocycles. The second kappa shape index (κ2) is 12.5. The fourth-order valence-corrected chi connectivity index (χ4v) is 2.07. The highest BCUT2D eigenvalue weighted by Gasteiger charge is 2.11. The molecule has 0 fully saturated rings. The smallest absolute Gasteiger partial charge is 0.338 e. The third kappa shape index (κ3) is 8.86. The first-order valence-corrected chi connectivity index (χ1v) is 8.02. The second-order valence-corrected chi connectivity index (χ2v) is 5.56. The Hall–Kier alpha value is -2.04. The van der Waals surface area contributed by atoms with Crippen LogP contribution in [0, 0.1) is 5.92 Å². The Balaban J connectivity index is 0.00000149. The van der Waals surface area contributed by atoms with Crippen molar-refractivity contribution in [3.05, 3.63) is 29.8 Å². The quantitative estimate of drug-likeness (QED) is 0.582. The molecule has 0 aliphatic heterocycles. The lowest BCUT2D eigenvalue weighted by atomic mass is 10.0. The molecule has 0 amide bonds. The van der Waals surface area contributed by atoms with Crippen LogP contribution in [-0.2, 0) is 9.53 Å². The van der Waals surface area contributed by atoms with Crippen LogP contribution in [-0.4, -0.2) is 38.3 Å². The summed E-state index contributed by atoms with van der Waals surface area (Å²) in [7, 11) is 3.96. The molecule has 5 nitrogen and oxygen atoms in total. The summed E-state index contributed by atoms with van der Waals surface area (Å²) in [4.78, 5) is 22.4. The van der Waals surface area contributed by atoms with Gasteiger partial charge in [-0.05, 0) is 36.6 Å². The highest BCUT2D eigenvalue weighted by atomic mass is 16.5. The number of hydrogen-bond donors (Lipinski definition) is 1. The summed E-state index contributed by atoms with van der Waals surface area (Å²) in [5.74, 6) is 0.269. The maximum Gasteiger partial charge on any atom is 0.338 e. The Morgan fingerprint density at radius 1 is 1.26 bits per heavy atom. The van der Waals surface area contributed by atoms with Crippen LogP contribution in [0.4, 0.5) is 5.69 Å². The van der Waals surface area contributed by atoms with E-state index in [4.69, 9.17) is 14.6 Å². The van der Waals surface area contributed by atoms with Gasteiger partial charge in [-0.1, -0.05) is 33.1 Å². The molecular weight excluding hydrogens is 294 g/mol. The van der Waals surface area contributed by atoms with E-state index in [2.05, 4.69) is 13.8 Å². The number of esters is 1. The van der Waals surface area contributed by atoms with Crippen molar-refractivity contribution in [3.63, 3.8) is 0 Å². The summed E-state index contributed by atoms with van der Waals surface area (Å²) in [6.45, 7) is 4.62. The van der Waals surface area contributed by atoms with Gasteiger partial charge in [0.1, 0.15) is 0 Å². The number of unbranched alkanes of at least 4 members (excludes halogenated alkanes) is 1. The maximum absolute atomic E-state index is 12.0. The van der Waals surface area contributed by atoms with E-state index in [-0.39, 0.29) is 12.4 Å². The Morgan fingerprint density at radius 2 is 1.83 bits per heavy atom. The molecule has 1 aromatic carbocycles. The van der Waals surface area contributed by atoms with Crippen molar-refractivity contribution in [1.29, 1.82) is 0 Å². The summed E-state index contributed by atoms with van der Waals surface area (Å²) < 4.78 is 5.43. The van der Waals surface area contributed by atoms with E-state index in [1.807, 2.05) is 43.3 Å². The Bertz CT molecular complexity index is 443. The van der Waals surface area contributed by atoms with E-state index >= 15 is 0 Å². The first-order valence-electron chi connectivity index (χ1n) is 8.02. The molecule has 1 unspecified atom stereocenters. The summed E-state index contributed by atoms with van der Waals surface area (Å²) in [5, 5.41) is 6.89. The van der Waals surface area contributed by atoms with Crippen molar-refractivity contribution < 1.29 is 19.4 Å². The minimum absolute atomic E-state index is 0.217. The van der Waals surface area contributed by atoms with Gasteiger partial charge < -0.3 is 14.7 Å². The Morgan fingerprint density at radius 3 is 2.26 bits per heavy atom. The summed E-state index contributed by atoms with van der Waals surface area (Å²) in [6.07, 6.45) is 4.59. The van der Waals surface area contributed by atoms with Crippen LogP contribution in [0.25, 0.3) is 0 Å². The molecule has 23 heavy (non-hydrogen) atoms. The van der Waals surface area contributed by atoms with Crippen LogP contribution in [0.5, 0.6) is 0 Å². The van der Waals surface area contributed by atoms with Crippen LogP contribution in [0.1, 0.15) is 49.9 Å². The van der Waals surface area contributed by atoms with Crippen molar-refractivity contribution in [3.8, 4) is 0 Å². The molecule has 0 aromatic heterocycles. The zero-order valence-corrected chi connectivity index (χ0v) is 14.6. The molecule has 0 heterocycles. The fourth-order valence-electron chi connectivity index (χ4n) is 2.07. The van der Waals surface area contributed by atoms with E-state index in [9.17, 15) is 4.79 Å². The third-order valence-electron chi connectivity index (χ3n) is 3.61. The second-order valence-electron chi connectivity index (χ2n) is 5.56. The van der Waals surface area contributed by atoms with Crippen molar-refractivity contribution in [2.75, 3.05) is 25.6 Å². The third-order valence-corrected chi connectivity index (χ3v) is 3.61. The summed E-state index contributed by atoms with van der Waals surface area (Å²) in [5.41, 5.74) is 1.71. The molecule has 0 bridgehead atoms. The van der Waals surface area contributed by atoms with Gasteiger partial charge in [0.25, 0.3) is 6.47 Å². The zero-order chi connectivity index (χ0) is 17.7. The normalized spacial score (nSPS) is 11.0. The predicted molar refractivity (Wildman–Crippen MR) is 93.1 cm³/mol. The number of carbonyl (C=O) groups is 2. The number of anilines is 1. The lowest BCUT2D eigenvalue weighted by Gasteiger charge is -2.15. The maximum atomic E-state index is 12.0. The molecular formula is C18H29NO4. The zero-order valence-electron chi connectivity index (χ0n) is 14.6. The monoisotopic (exact) mass is 323 g/mol. The number of carboxylic acid groups (broad SMARTS) is 1. The minimum atomic E-state index is -0.250. The first kappa shape index (κ1) is 21.0. The van der Waals surface area contributed by atoms with Crippen LogP contribution < -0.4 is 4.90 Å². The minimum Gasteiger partial charge on any atom is -0.483 e. The van der Waals surface area contributed by atoms with Crippen molar-refractivity contribution in [2.24, 2.45) is 5.92 Å². The van der Waals surface area contributed by atoms with Gasteiger partial charge >= 0.3 is 5.97 Å². The van der Waals surface area contributed by atoms with E-state index < -0.39 is 0 Å². The molecule has 5 heteroatoms. The van der Waals surface area contributed by atoms with E-state index in [1.165, 1.54) is 12.8 Å². The number of rotatable bonds is 8. The molecule has 0 aliphatic rings. The molecule has 1 N–H and O–H groups in total. The highest BCUT2D eigenvalue weighted by molar-refractivity contribution is 5.89. The van der Waals surface area contributed by atoms with Crippen molar-refractivity contribution in [2.45, 2.75) is 39.5 Å². The van der Waals surface area contributed by atoms with Gasteiger partial charge in [0, 0.05) is 19.8 Å². The van der Waals surface area contributed by atoms with Crippen LogP contribution in [0.2, 0.25) is 0 Å². The van der Waals surface area contributed by atoms with Gasteiger partial charge in [0.15, 0.2) is 0 Å².